The van der Waals surface area contributed by atoms with Gasteiger partial charge in [-0.1, -0.05) is 136 Å². The first-order valence-corrected chi connectivity index (χ1v) is 30.2. The summed E-state index contributed by atoms with van der Waals surface area (Å²) >= 11 is 0. The number of unbranched alkanes of at least 4 members (excludes halogenated alkanes) is 14. The van der Waals surface area contributed by atoms with E-state index in [1.165, 1.54) is 19.3 Å². The van der Waals surface area contributed by atoms with Crippen molar-refractivity contribution in [3.8, 4) is 0 Å². The molecule has 74 heavy (non-hydrogen) atoms. The number of carbonyl (C=O) groups excluding carboxylic acids is 5. The number of hydrogen-bond acceptors (Lipinski definition) is 13. The van der Waals surface area contributed by atoms with Gasteiger partial charge in [0.2, 0.25) is 0 Å². The number of likely N-dealkylation sites (tertiary alicyclic amines) is 1. The van der Waals surface area contributed by atoms with E-state index in [-0.39, 0.29) is 56.3 Å². The summed E-state index contributed by atoms with van der Waals surface area (Å²) < 4.78 is 41.2. The van der Waals surface area contributed by atoms with Gasteiger partial charge in [0.05, 0.1) is 24.9 Å². The molecule has 13 nitrogen and oxygen atoms in total. The summed E-state index contributed by atoms with van der Waals surface area (Å²) in [5.74, 6) is -2.58. The Labute approximate surface area is 451 Å². The van der Waals surface area contributed by atoms with Crippen molar-refractivity contribution in [3.63, 3.8) is 0 Å². The van der Waals surface area contributed by atoms with Crippen molar-refractivity contribution in [2.75, 3.05) is 46.1 Å². The second-order valence-corrected chi connectivity index (χ2v) is 20.6. The zero-order valence-corrected chi connectivity index (χ0v) is 48.0. The summed E-state index contributed by atoms with van der Waals surface area (Å²) in [5.41, 5.74) is 0. The fourth-order valence-electron chi connectivity index (χ4n) is 8.89. The molecular formula is C61H109NO12. The van der Waals surface area contributed by atoms with Crippen LogP contribution in [0.2, 0.25) is 0 Å². The van der Waals surface area contributed by atoms with Gasteiger partial charge in [0.1, 0.15) is 12.7 Å². The molecule has 0 aromatic carbocycles. The van der Waals surface area contributed by atoms with Gasteiger partial charge in [0.25, 0.3) is 6.29 Å². The van der Waals surface area contributed by atoms with Crippen LogP contribution in [0.25, 0.3) is 0 Å². The molecule has 1 heterocycles. The van der Waals surface area contributed by atoms with Crippen LogP contribution in [0.1, 0.15) is 260 Å². The van der Waals surface area contributed by atoms with Gasteiger partial charge in [-0.3, -0.25) is 24.0 Å². The molecule has 0 saturated carbocycles. The van der Waals surface area contributed by atoms with Gasteiger partial charge in [-0.25, -0.2) is 0 Å². The highest BCUT2D eigenvalue weighted by atomic mass is 16.7. The lowest BCUT2D eigenvalue weighted by Gasteiger charge is -2.25. The maximum absolute atomic E-state index is 13.5. The van der Waals surface area contributed by atoms with Crippen LogP contribution in [0.15, 0.2) is 24.3 Å². The number of rotatable bonds is 51. The molecule has 4 atom stereocenters. The van der Waals surface area contributed by atoms with Crippen LogP contribution in [0, 0.1) is 11.8 Å². The van der Waals surface area contributed by atoms with Gasteiger partial charge < -0.3 is 38.1 Å². The highest BCUT2D eigenvalue weighted by Crippen LogP contribution is 2.22. The third-order valence-electron chi connectivity index (χ3n) is 13.6. The van der Waals surface area contributed by atoms with E-state index < -0.39 is 36.4 Å². The Kier molecular flexibility index (Phi) is 45.8. The van der Waals surface area contributed by atoms with E-state index in [1.807, 2.05) is 0 Å². The fraction of sp³-hybridized carbons (Fsp3) is 0.852. The van der Waals surface area contributed by atoms with E-state index in [0.29, 0.717) is 51.9 Å². The third-order valence-corrected chi connectivity index (χ3v) is 13.6. The first-order valence-electron chi connectivity index (χ1n) is 30.2. The Hall–Kier alpha value is -3.29. The molecular weight excluding hydrogens is 939 g/mol. The molecule has 0 amide bonds. The first kappa shape index (κ1) is 68.7. The van der Waals surface area contributed by atoms with Crippen molar-refractivity contribution < 1.29 is 57.1 Å². The van der Waals surface area contributed by atoms with Gasteiger partial charge in [-0.15, -0.1) is 0 Å². The fourth-order valence-corrected chi connectivity index (χ4v) is 8.89. The molecule has 0 aliphatic carbocycles. The molecule has 0 N–H and O–H groups in total. The van der Waals surface area contributed by atoms with Gasteiger partial charge in [0, 0.05) is 38.9 Å². The lowest BCUT2D eigenvalue weighted by atomic mass is 9.95. The minimum Gasteiger partial charge on any atom is -0.465 e. The second-order valence-electron chi connectivity index (χ2n) is 20.6. The number of allylic oxidation sites excluding steroid dienone is 4. The SMILES string of the molecule is CC/C=C\CCCCOC(CCC(=O)OC(OC(=O)CCCCCCOC(=O)C(CCCC)CCCCCC)C(C)COC(=O)CCC(CCCCCC)OC(=O)CCCN1CCCC1)OCCCC/C=C\CC. The zero-order chi connectivity index (χ0) is 54.1. The maximum Gasteiger partial charge on any atom is 0.309 e. The first-order chi connectivity index (χ1) is 36.1. The number of carbonyl (C=O) groups is 5. The summed E-state index contributed by atoms with van der Waals surface area (Å²) in [5, 5.41) is 0. The van der Waals surface area contributed by atoms with Crippen LogP contribution in [0.4, 0.5) is 0 Å². The standard InChI is InChI=1S/C61H109NO12/c1-7-12-17-21-24-32-48-68-59(69-49-33-25-22-18-13-8-2)44-43-58(66)74-61(73-57(65)39-29-23-26-34-50-70-60(67)53(36-16-11-5)37-27-19-14-9-3)52(6)51-71-55(63)42-41-54(38-28-20-15-10-4)72-56(64)40-35-47-62-45-30-31-46-62/h12-13,17-18,52-54,59,61H,7-11,14-16,19-51H2,1-6H3/b17-12-,18-13-. The minimum atomic E-state index is -1.29. The lowest BCUT2D eigenvalue weighted by molar-refractivity contribution is -0.202. The van der Waals surface area contributed by atoms with Crippen LogP contribution in [-0.2, 0) is 57.1 Å². The van der Waals surface area contributed by atoms with Gasteiger partial charge in [0.15, 0.2) is 6.29 Å². The molecule has 1 rings (SSSR count). The van der Waals surface area contributed by atoms with Crippen LogP contribution >= 0.6 is 0 Å². The van der Waals surface area contributed by atoms with Crippen LogP contribution in [0.5, 0.6) is 0 Å². The predicted octanol–water partition coefficient (Wildman–Crippen LogP) is 14.8. The monoisotopic (exact) mass is 1050 g/mol. The predicted molar refractivity (Wildman–Crippen MR) is 296 cm³/mol. The van der Waals surface area contributed by atoms with Crippen molar-refractivity contribution in [3.05, 3.63) is 24.3 Å². The number of esters is 5. The lowest BCUT2D eigenvalue weighted by Crippen LogP contribution is -2.34. The van der Waals surface area contributed by atoms with Crippen LogP contribution < -0.4 is 0 Å². The molecule has 4 unspecified atom stereocenters. The molecule has 13 heteroatoms. The van der Waals surface area contributed by atoms with Gasteiger partial charge >= 0.3 is 29.8 Å². The molecule has 0 bridgehead atoms. The van der Waals surface area contributed by atoms with Gasteiger partial charge in [-0.05, 0) is 135 Å². The number of hydrogen-bond donors (Lipinski definition) is 0. The average molecular weight is 1050 g/mol. The Morgan fingerprint density at radius 3 is 1.62 bits per heavy atom. The molecule has 1 saturated heterocycles. The van der Waals surface area contributed by atoms with Crippen molar-refractivity contribution in [2.24, 2.45) is 11.8 Å². The zero-order valence-electron chi connectivity index (χ0n) is 48.0. The number of nitrogens with zero attached hydrogens (tertiary/aromatic N) is 1. The molecule has 430 valence electrons. The van der Waals surface area contributed by atoms with Crippen molar-refractivity contribution in [2.45, 2.75) is 279 Å². The summed E-state index contributed by atoms with van der Waals surface area (Å²) in [6, 6.07) is 0. The van der Waals surface area contributed by atoms with E-state index in [2.05, 4.69) is 63.8 Å². The summed E-state index contributed by atoms with van der Waals surface area (Å²) in [6.45, 7) is 16.7. The quantitative estimate of drug-likeness (QED) is 0.0187. The van der Waals surface area contributed by atoms with Crippen molar-refractivity contribution in [1.82, 2.24) is 4.90 Å². The summed E-state index contributed by atoms with van der Waals surface area (Å²) in [4.78, 5) is 68.2. The van der Waals surface area contributed by atoms with Crippen molar-refractivity contribution in [1.29, 1.82) is 0 Å². The van der Waals surface area contributed by atoms with E-state index in [9.17, 15) is 24.0 Å². The Bertz CT molecular complexity index is 1420. The van der Waals surface area contributed by atoms with E-state index in [0.717, 1.165) is 161 Å². The third kappa shape index (κ3) is 40.0. The minimum absolute atomic E-state index is 0.0247. The van der Waals surface area contributed by atoms with Gasteiger partial charge in [-0.2, -0.15) is 0 Å². The van der Waals surface area contributed by atoms with Crippen molar-refractivity contribution >= 4 is 29.8 Å². The summed E-state index contributed by atoms with van der Waals surface area (Å²) in [7, 11) is 0. The summed E-state index contributed by atoms with van der Waals surface area (Å²) in [6.07, 6.45) is 34.4. The van der Waals surface area contributed by atoms with Crippen LogP contribution in [-0.4, -0.2) is 99.5 Å². The van der Waals surface area contributed by atoms with E-state index >= 15 is 0 Å². The van der Waals surface area contributed by atoms with Crippen LogP contribution in [0.3, 0.4) is 0 Å². The Morgan fingerprint density at radius 2 is 1.00 bits per heavy atom. The molecule has 0 spiro atoms. The maximum atomic E-state index is 13.5. The molecule has 1 aliphatic rings. The molecule has 1 aliphatic heterocycles. The van der Waals surface area contributed by atoms with E-state index in [1.54, 1.807) is 6.92 Å². The molecule has 0 radical (unpaired) electrons. The number of ether oxygens (including phenoxy) is 7. The highest BCUT2D eigenvalue weighted by molar-refractivity contribution is 5.73. The molecule has 1 fully saturated rings. The average Bonchev–Trinajstić information content (AvgIpc) is 3.92. The normalized spacial score (nSPS) is 14.6. The molecule has 0 aromatic rings. The van der Waals surface area contributed by atoms with E-state index in [4.69, 9.17) is 33.2 Å². The largest absolute Gasteiger partial charge is 0.465 e. The smallest absolute Gasteiger partial charge is 0.309 e. The second kappa shape index (κ2) is 49.3. The highest BCUT2D eigenvalue weighted by Gasteiger charge is 2.28. The Balaban J connectivity index is 2.90. The Morgan fingerprint density at radius 1 is 0.473 bits per heavy atom. The topological polar surface area (TPSA) is 153 Å². The molecule has 0 aromatic heterocycles.